The van der Waals surface area contributed by atoms with Crippen molar-refractivity contribution in [1.82, 2.24) is 25.1 Å². The SMILES string of the molecule is CO/N=C(\C(=O)N[C@@H]1C(=O)N2C(C(=O)OCc3ccc(OC)cc3)=C(C[n+]3cccc4c3ccn4Cc3cc(C(=N)NC(=O)OC(C)(C)C)cs3)CS[C@H]12)c1csc(NC(=O)OC(C)(C)C)n1. The van der Waals surface area contributed by atoms with Crippen molar-refractivity contribution in [3.05, 3.63) is 105 Å². The van der Waals surface area contributed by atoms with E-state index in [1.807, 2.05) is 41.2 Å². The number of pyridine rings is 1. The Morgan fingerprint density at radius 2 is 1.70 bits per heavy atom. The van der Waals surface area contributed by atoms with Gasteiger partial charge in [-0.05, 0) is 71.4 Å². The van der Waals surface area contributed by atoms with Crippen molar-refractivity contribution in [2.45, 2.75) is 83.9 Å². The number of rotatable bonds is 14. The van der Waals surface area contributed by atoms with Crippen molar-refractivity contribution in [3.8, 4) is 5.75 Å². The van der Waals surface area contributed by atoms with Gasteiger partial charge >= 0.3 is 18.2 Å². The molecule has 6 heterocycles. The number of thiazole rings is 1. The van der Waals surface area contributed by atoms with Crippen molar-refractivity contribution in [3.63, 3.8) is 0 Å². The fourth-order valence-corrected chi connectivity index (χ4v) is 9.90. The molecule has 2 aliphatic rings. The van der Waals surface area contributed by atoms with E-state index in [0.717, 1.165) is 27.2 Å². The van der Waals surface area contributed by atoms with Crippen LogP contribution in [0.2, 0.25) is 0 Å². The Morgan fingerprint density at radius 3 is 2.40 bits per heavy atom. The minimum atomic E-state index is -1.04. The van der Waals surface area contributed by atoms with Crippen LogP contribution in [0.1, 0.15) is 63.2 Å². The number of amidine groups is 1. The highest BCUT2D eigenvalue weighted by molar-refractivity contribution is 8.00. The van der Waals surface area contributed by atoms with E-state index in [9.17, 15) is 24.0 Å². The summed E-state index contributed by atoms with van der Waals surface area (Å²) >= 11 is 3.89. The Morgan fingerprint density at radius 1 is 0.970 bits per heavy atom. The van der Waals surface area contributed by atoms with Crippen molar-refractivity contribution >= 4 is 92.1 Å². The second-order valence-electron chi connectivity index (χ2n) is 17.2. The van der Waals surface area contributed by atoms with Crippen LogP contribution in [-0.4, -0.2) is 98.6 Å². The van der Waals surface area contributed by atoms with E-state index >= 15 is 0 Å². The summed E-state index contributed by atoms with van der Waals surface area (Å²) in [6.45, 7) is 11.1. The second kappa shape index (κ2) is 20.0. The zero-order chi connectivity index (χ0) is 48.2. The number of aromatic nitrogens is 3. The van der Waals surface area contributed by atoms with Crippen LogP contribution in [0.5, 0.6) is 5.75 Å². The first-order chi connectivity index (χ1) is 31.8. The number of alkyl carbamates (subject to hydrolysis) is 1. The summed E-state index contributed by atoms with van der Waals surface area (Å²) in [5.41, 5.74) is 2.17. The zero-order valence-corrected chi connectivity index (χ0v) is 40.4. The second-order valence-corrected chi connectivity index (χ2v) is 20.1. The largest absolute Gasteiger partial charge is 0.497 e. The Bertz CT molecular complexity index is 2780. The summed E-state index contributed by atoms with van der Waals surface area (Å²) in [5.74, 6) is -1.08. The molecular formula is C45H50N9O10S3+. The number of benzene rings is 1. The highest BCUT2D eigenvalue weighted by Gasteiger charge is 2.55. The molecule has 0 aliphatic carbocycles. The number of nitrogens with zero attached hydrogens (tertiary/aromatic N) is 5. The van der Waals surface area contributed by atoms with Gasteiger partial charge in [0.1, 0.15) is 64.8 Å². The first kappa shape index (κ1) is 48.2. The van der Waals surface area contributed by atoms with Crippen LogP contribution in [0.3, 0.4) is 0 Å². The maximum absolute atomic E-state index is 14.2. The molecule has 2 aliphatic heterocycles. The molecule has 4 aromatic heterocycles. The minimum Gasteiger partial charge on any atom is -0.497 e. The van der Waals surface area contributed by atoms with E-state index in [1.165, 1.54) is 40.5 Å². The van der Waals surface area contributed by atoms with Gasteiger partial charge in [-0.15, -0.1) is 34.4 Å². The van der Waals surface area contributed by atoms with Gasteiger partial charge < -0.3 is 33.7 Å². The summed E-state index contributed by atoms with van der Waals surface area (Å²) in [5, 5.41) is 22.9. The Kier molecular flexibility index (Phi) is 14.4. The van der Waals surface area contributed by atoms with Crippen LogP contribution in [0.15, 0.2) is 88.1 Å². The number of hydrogen-bond acceptors (Lipinski definition) is 16. The van der Waals surface area contributed by atoms with Gasteiger partial charge in [0, 0.05) is 50.9 Å². The highest BCUT2D eigenvalue weighted by atomic mass is 32.2. The zero-order valence-electron chi connectivity index (χ0n) is 38.0. The lowest BCUT2D eigenvalue weighted by Crippen LogP contribution is -2.71. The van der Waals surface area contributed by atoms with E-state index in [2.05, 4.69) is 30.7 Å². The average molecular weight is 973 g/mol. The normalized spacial score (nSPS) is 16.1. The average Bonchev–Trinajstić information content (AvgIpc) is 4.04. The first-order valence-corrected chi connectivity index (χ1v) is 23.6. The van der Waals surface area contributed by atoms with Gasteiger partial charge in [-0.25, -0.2) is 19.4 Å². The van der Waals surface area contributed by atoms with Crippen LogP contribution >= 0.6 is 34.4 Å². The number of β-lactam (4-membered cyclic amide) rings is 1. The number of anilines is 1. The molecule has 0 spiro atoms. The summed E-state index contributed by atoms with van der Waals surface area (Å²) < 4.78 is 25.8. The number of esters is 1. The number of carbonyl (C=O) groups excluding carboxylic acids is 5. The molecule has 0 radical (unpaired) electrons. The summed E-state index contributed by atoms with van der Waals surface area (Å²) in [6, 6.07) is 13.7. The molecule has 2 atom stereocenters. The summed E-state index contributed by atoms with van der Waals surface area (Å²) in [7, 11) is 2.82. The van der Waals surface area contributed by atoms with Gasteiger partial charge in [-0.3, -0.25) is 30.5 Å². The standard InChI is InChI=1S/C45H49N9O10S3/c1-44(2,3)63-42(58)49-36(46)26-18-29(65-22-26)20-53-17-15-32-31(53)10-9-16-52(32)19-27-23-66-39-34(38(56)54(39)35(27)40(57)62-21-25-11-13-28(60-7)14-12-25)48-37(55)33(51-61-8)30-24-67-41(47-30)50-43(59)64-45(4,5)6/h9-18,22,24,34,39H,19-21,23H2,1-8H3,(H3-,46,47,48,49,50,55,58,59)/p+1/b51-33-/t34-,39-/m1/s1. The molecule has 0 saturated carbocycles. The van der Waals surface area contributed by atoms with Crippen LogP contribution in [0.25, 0.3) is 11.0 Å². The molecule has 1 fully saturated rings. The number of nitrogens with one attached hydrogen (secondary N) is 4. The number of ether oxygens (including phenoxy) is 4. The lowest BCUT2D eigenvalue weighted by atomic mass is 10.0. The first-order valence-electron chi connectivity index (χ1n) is 20.8. The third-order valence-electron chi connectivity index (χ3n) is 9.88. The number of thioether (sulfide) groups is 1. The predicted octanol–water partition coefficient (Wildman–Crippen LogP) is 6.15. The van der Waals surface area contributed by atoms with Gasteiger partial charge in [-0.2, -0.15) is 4.57 Å². The molecule has 5 aromatic rings. The Labute approximate surface area is 397 Å². The number of fused-ring (bicyclic) bond motifs is 2. The van der Waals surface area contributed by atoms with E-state index in [-0.39, 0.29) is 41.2 Å². The molecule has 4 amide bonds. The number of hydrogen-bond donors (Lipinski definition) is 4. The molecule has 19 nitrogen and oxygen atoms in total. The van der Waals surface area contributed by atoms with Crippen LogP contribution in [0, 0.1) is 5.41 Å². The van der Waals surface area contributed by atoms with E-state index < -0.39 is 52.6 Å². The molecule has 352 valence electrons. The van der Waals surface area contributed by atoms with Gasteiger partial charge in [0.2, 0.25) is 5.52 Å². The Balaban J connectivity index is 1.10. The smallest absolute Gasteiger partial charge is 0.413 e. The van der Waals surface area contributed by atoms with Crippen molar-refractivity contribution < 1.29 is 52.3 Å². The number of methoxy groups -OCH3 is 1. The minimum absolute atomic E-state index is 0.0643. The molecule has 1 aromatic carbocycles. The quantitative estimate of drug-likeness (QED) is 0.0187. The highest BCUT2D eigenvalue weighted by Crippen LogP contribution is 2.41. The van der Waals surface area contributed by atoms with E-state index in [4.69, 9.17) is 29.2 Å². The maximum Gasteiger partial charge on any atom is 0.413 e. The van der Waals surface area contributed by atoms with Crippen molar-refractivity contribution in [1.29, 1.82) is 5.41 Å². The lowest BCUT2D eigenvalue weighted by molar-refractivity contribution is -0.663. The topological polar surface area (TPSA) is 229 Å². The van der Waals surface area contributed by atoms with E-state index in [0.29, 0.717) is 34.7 Å². The molecule has 1 saturated heterocycles. The number of thiophene rings is 1. The molecule has 67 heavy (non-hydrogen) atoms. The third-order valence-corrected chi connectivity index (χ3v) is 12.9. The number of amides is 4. The van der Waals surface area contributed by atoms with Crippen LogP contribution < -0.4 is 25.3 Å². The van der Waals surface area contributed by atoms with Crippen molar-refractivity contribution in [2.75, 3.05) is 25.3 Å². The van der Waals surface area contributed by atoms with E-state index in [1.54, 1.807) is 78.3 Å². The lowest BCUT2D eigenvalue weighted by Gasteiger charge is -2.49. The summed E-state index contributed by atoms with van der Waals surface area (Å²) in [4.78, 5) is 78.3. The molecule has 22 heteroatoms. The van der Waals surface area contributed by atoms with Crippen LogP contribution in [-0.2, 0) is 53.1 Å². The fraction of sp³-hybridized carbons (Fsp3) is 0.356. The molecular weight excluding hydrogens is 923 g/mol. The van der Waals surface area contributed by atoms with Gasteiger partial charge in [0.15, 0.2) is 23.6 Å². The molecule has 0 bridgehead atoms. The molecule has 4 N–H and O–H groups in total. The van der Waals surface area contributed by atoms with Gasteiger partial charge in [-0.1, -0.05) is 17.3 Å². The van der Waals surface area contributed by atoms with Gasteiger partial charge in [0.05, 0.1) is 13.7 Å². The molecule has 7 rings (SSSR count). The maximum atomic E-state index is 14.2. The monoisotopic (exact) mass is 972 g/mol. The number of oxime groups is 1. The van der Waals surface area contributed by atoms with Crippen molar-refractivity contribution in [2.24, 2.45) is 5.16 Å². The van der Waals surface area contributed by atoms with Gasteiger partial charge in [0.25, 0.3) is 11.8 Å². The van der Waals surface area contributed by atoms with Crippen LogP contribution in [0.4, 0.5) is 14.7 Å². The Hall–Kier alpha value is -6.78. The predicted molar refractivity (Wildman–Crippen MR) is 252 cm³/mol. The fourth-order valence-electron chi connectivity index (χ4n) is 7.01. The number of carbonyl (C=O) groups is 5. The summed E-state index contributed by atoms with van der Waals surface area (Å²) in [6.07, 6.45) is 2.42. The third kappa shape index (κ3) is 11.6. The molecule has 0 unspecified atom stereocenters.